The molecule has 0 aromatic heterocycles. The van der Waals surface area contributed by atoms with E-state index in [0.29, 0.717) is 5.75 Å². The summed E-state index contributed by atoms with van der Waals surface area (Å²) in [6.07, 6.45) is 0.0861. The zero-order valence-corrected chi connectivity index (χ0v) is 13.7. The Labute approximate surface area is 147 Å². The third kappa shape index (κ3) is 7.41. The van der Waals surface area contributed by atoms with E-state index in [0.717, 1.165) is 0 Å². The molecule has 0 saturated carbocycles. The van der Waals surface area contributed by atoms with Gasteiger partial charge >= 0.3 is 51.4 Å². The molecule has 0 aliphatic rings. The number of rotatable bonds is 6. The van der Waals surface area contributed by atoms with Crippen LogP contribution in [0.5, 0.6) is 5.75 Å². The van der Waals surface area contributed by atoms with Crippen LogP contribution in [0.15, 0.2) is 24.3 Å². The first kappa shape index (κ1) is 18.0. The second kappa shape index (κ2) is 8.20. The fourth-order valence-electron chi connectivity index (χ4n) is 1.09. The second-order valence-corrected chi connectivity index (χ2v) is 4.74. The van der Waals surface area contributed by atoms with Crippen molar-refractivity contribution in [2.24, 2.45) is 0 Å². The van der Waals surface area contributed by atoms with E-state index in [1.54, 1.807) is 0 Å². The first-order valence-corrected chi connectivity index (χ1v) is 6.27. The Kier molecular flexibility index (Phi) is 8.18. The van der Waals surface area contributed by atoms with Gasteiger partial charge in [0, 0.05) is 17.9 Å². The molecule has 0 amide bonds. The van der Waals surface area contributed by atoms with Gasteiger partial charge in [-0.2, -0.15) is 0 Å². The predicted molar refractivity (Wildman–Crippen MR) is 57.8 cm³/mol. The number of nitro groups is 1. The Morgan fingerprint density at radius 2 is 1.78 bits per heavy atom. The first-order valence-electron chi connectivity index (χ1n) is 4.69. The van der Waals surface area contributed by atoms with Gasteiger partial charge in [0.2, 0.25) is 0 Å². The molecule has 0 bridgehead atoms. The number of nitro benzene ring substituents is 1. The molecule has 0 saturated heterocycles. The predicted octanol–water partition coefficient (Wildman–Crippen LogP) is -2.09. The first-order chi connectivity index (χ1) is 7.88. The van der Waals surface area contributed by atoms with Crippen LogP contribution in [0.1, 0.15) is 6.42 Å². The third-order valence-corrected chi connectivity index (χ3v) is 2.64. The Morgan fingerprint density at radius 3 is 2.22 bits per heavy atom. The van der Waals surface area contributed by atoms with Crippen LogP contribution in [0.4, 0.5) is 5.69 Å². The summed E-state index contributed by atoms with van der Waals surface area (Å²) in [5.74, 6) is -0.0983. The minimum atomic E-state index is -4.22. The molecule has 0 heterocycles. The Hall–Kier alpha value is -0.0336. The largest absolute Gasteiger partial charge is 1.00 e. The van der Waals surface area contributed by atoms with Gasteiger partial charge < -0.3 is 9.29 Å². The summed E-state index contributed by atoms with van der Waals surface area (Å²) >= 11 is 0. The minimum absolute atomic E-state index is 0. The van der Waals surface area contributed by atoms with Gasteiger partial charge in [-0.1, -0.05) is 0 Å². The summed E-state index contributed by atoms with van der Waals surface area (Å²) in [6, 6.07) is 5.37. The molecular formula is C9H10KNO6S. The molecule has 18 heavy (non-hydrogen) atoms. The van der Waals surface area contributed by atoms with Crippen molar-refractivity contribution in [3.05, 3.63) is 34.4 Å². The molecule has 9 heteroatoms. The van der Waals surface area contributed by atoms with Crippen molar-refractivity contribution in [2.45, 2.75) is 6.42 Å². The zero-order valence-electron chi connectivity index (χ0n) is 9.74. The Bertz CT molecular complexity index is 486. The summed E-state index contributed by atoms with van der Waals surface area (Å²) in [7, 11) is -4.22. The van der Waals surface area contributed by atoms with Gasteiger partial charge in [0.05, 0.1) is 21.6 Å². The van der Waals surface area contributed by atoms with Gasteiger partial charge in [0.1, 0.15) is 5.75 Å². The summed E-state index contributed by atoms with van der Waals surface area (Å²) in [5.41, 5.74) is -0.0560. The Balaban J connectivity index is 0.00000289. The van der Waals surface area contributed by atoms with Crippen LogP contribution in [0.2, 0.25) is 0 Å². The zero-order chi connectivity index (χ0) is 12.9. The molecule has 0 N–H and O–H groups in total. The van der Waals surface area contributed by atoms with E-state index >= 15 is 0 Å². The SMILES string of the molecule is O=[N+]([O-])c1ccc(OCCCS(=O)(=O)[O-])cc1.[K+]. The van der Waals surface area contributed by atoms with Crippen molar-refractivity contribution in [1.82, 2.24) is 0 Å². The number of hydrogen-bond donors (Lipinski definition) is 0. The normalized spacial score (nSPS) is 10.5. The number of nitrogens with zero attached hydrogens (tertiary/aromatic N) is 1. The summed E-state index contributed by atoms with van der Waals surface area (Å²) < 4.78 is 35.9. The van der Waals surface area contributed by atoms with Crippen LogP contribution in [0.3, 0.4) is 0 Å². The number of ether oxygens (including phenoxy) is 1. The van der Waals surface area contributed by atoms with E-state index in [1.807, 2.05) is 0 Å². The molecule has 0 fully saturated rings. The minimum Gasteiger partial charge on any atom is -0.748 e. The second-order valence-electron chi connectivity index (χ2n) is 3.21. The van der Waals surface area contributed by atoms with Crippen LogP contribution in [-0.2, 0) is 10.1 Å². The number of hydrogen-bond acceptors (Lipinski definition) is 6. The topological polar surface area (TPSA) is 110 Å². The van der Waals surface area contributed by atoms with E-state index in [2.05, 4.69) is 0 Å². The van der Waals surface area contributed by atoms with Gasteiger partial charge in [-0.3, -0.25) is 10.1 Å². The van der Waals surface area contributed by atoms with Gasteiger partial charge in [-0.15, -0.1) is 0 Å². The van der Waals surface area contributed by atoms with Gasteiger partial charge in [0.15, 0.2) is 0 Å². The van der Waals surface area contributed by atoms with E-state index in [1.165, 1.54) is 24.3 Å². The monoisotopic (exact) mass is 299 g/mol. The summed E-state index contributed by atoms with van der Waals surface area (Å²) in [5, 5.41) is 10.3. The van der Waals surface area contributed by atoms with Crippen molar-refractivity contribution in [3.8, 4) is 5.75 Å². The fourth-order valence-corrected chi connectivity index (χ4v) is 1.56. The van der Waals surface area contributed by atoms with Crippen LogP contribution in [0.25, 0.3) is 0 Å². The maximum Gasteiger partial charge on any atom is 1.00 e. The third-order valence-electron chi connectivity index (χ3n) is 1.85. The van der Waals surface area contributed by atoms with Crippen molar-refractivity contribution >= 4 is 15.8 Å². The van der Waals surface area contributed by atoms with Gasteiger partial charge in [-0.05, 0) is 18.6 Å². The molecule has 94 valence electrons. The summed E-state index contributed by atoms with van der Waals surface area (Å²) in [4.78, 5) is 9.81. The van der Waals surface area contributed by atoms with E-state index in [-0.39, 0.29) is 70.1 Å². The average molecular weight is 299 g/mol. The molecule has 0 atom stereocenters. The molecule has 0 unspecified atom stereocenters. The molecule has 0 radical (unpaired) electrons. The fraction of sp³-hybridized carbons (Fsp3) is 0.333. The van der Waals surface area contributed by atoms with E-state index < -0.39 is 20.8 Å². The van der Waals surface area contributed by atoms with Crippen LogP contribution in [-0.4, -0.2) is 30.3 Å². The van der Waals surface area contributed by atoms with Crippen LogP contribution in [0, 0.1) is 10.1 Å². The molecule has 0 aliphatic carbocycles. The molecule has 1 aromatic rings. The van der Waals surface area contributed by atoms with Crippen LogP contribution < -0.4 is 56.1 Å². The molecule has 1 rings (SSSR count). The summed E-state index contributed by atoms with van der Waals surface area (Å²) in [6.45, 7) is 0.0687. The maximum atomic E-state index is 10.3. The van der Waals surface area contributed by atoms with E-state index in [4.69, 9.17) is 4.74 Å². The smallest absolute Gasteiger partial charge is 0.748 e. The van der Waals surface area contributed by atoms with Crippen molar-refractivity contribution in [2.75, 3.05) is 12.4 Å². The quantitative estimate of drug-likeness (QED) is 0.196. The molecule has 0 aliphatic heterocycles. The van der Waals surface area contributed by atoms with Gasteiger partial charge in [-0.25, -0.2) is 8.42 Å². The standard InChI is InChI=1S/C9H11NO6S.K/c11-10(12)8-2-4-9(5-3-8)16-6-1-7-17(13,14)15;/h2-5H,1,6-7H2,(H,13,14,15);/q;+1/p-1. The van der Waals surface area contributed by atoms with E-state index in [9.17, 15) is 23.1 Å². The molecule has 1 aromatic carbocycles. The average Bonchev–Trinajstić information content (AvgIpc) is 2.24. The maximum absolute atomic E-state index is 10.3. The van der Waals surface area contributed by atoms with Crippen LogP contribution >= 0.6 is 0 Å². The number of benzene rings is 1. The van der Waals surface area contributed by atoms with Crippen molar-refractivity contribution < 1.29 is 74.0 Å². The van der Waals surface area contributed by atoms with Crippen molar-refractivity contribution in [1.29, 1.82) is 0 Å². The number of non-ortho nitro benzene ring substituents is 1. The molecular weight excluding hydrogens is 289 g/mol. The molecule has 0 spiro atoms. The molecule has 7 nitrogen and oxygen atoms in total. The van der Waals surface area contributed by atoms with Crippen molar-refractivity contribution in [3.63, 3.8) is 0 Å². The van der Waals surface area contributed by atoms with Gasteiger partial charge in [0.25, 0.3) is 5.69 Å². The Morgan fingerprint density at radius 1 is 1.22 bits per heavy atom.